The van der Waals surface area contributed by atoms with Crippen molar-refractivity contribution in [3.63, 3.8) is 0 Å². The number of aryl methyl sites for hydroxylation is 1. The number of carbonyl (C=O) groups excluding carboxylic acids is 3. The molecule has 4 heterocycles. The van der Waals surface area contributed by atoms with Crippen LogP contribution in [0.3, 0.4) is 0 Å². The van der Waals surface area contributed by atoms with Crippen molar-refractivity contribution in [1.29, 1.82) is 0 Å². The molecule has 10 aromatic rings. The summed E-state index contributed by atoms with van der Waals surface area (Å²) in [6, 6.07) is 60.0. The highest BCUT2D eigenvalue weighted by Gasteiger charge is 2.38. The average molecular weight is 1430 g/mol. The van der Waals surface area contributed by atoms with Gasteiger partial charge in [0.25, 0.3) is 17.7 Å². The fourth-order valence-electron chi connectivity index (χ4n) is 13.8. The standard InChI is InChI=1S/C25H20N2O2.C20H16Cl2N2O2.C18H12Cl2N2O2.C18H14N2O3/c1-16-11-12-20-22(13-16)26-25(28)23(20)21-14-18-9-5-6-10-19(18)24(21)27-29-15-17-7-3-2-4-8-17;1-2-7-26-24-19-12-6-4-3-5-11(12)8-14(19)18-13-9-15(21)16(22)10-17(13)23-20(18)25;1-24-22-17-10-5-3-2-4-9(10)6-12(17)16-11-7-13(19)14(20)8-15(11)21-18(16)23;1-23-11-6-7-15-13(9-11)16(18(21)19-15)14-8-10-4-2-3-5-12(10)17(14)20-22/h2-13H,14-15H2,1H3,(H,26,28);3-6,9-10H,2,7-8H2,1H3,(H,23,25);2-5,7-8H,6H2,1H3,(H,21,23);2-7,9,19,21H,8H2,1H3/b23-21+,27-24+;18-14+,24-19+;16-12+,22-17+;. The molecule has 17 nitrogen and oxygen atoms in total. The number of allylic oxidation sites excluding steroid dienone is 4. The first-order valence-corrected chi connectivity index (χ1v) is 34.2. The van der Waals surface area contributed by atoms with E-state index < -0.39 is 0 Å². The highest BCUT2D eigenvalue weighted by molar-refractivity contribution is 6.46. The molecule has 0 spiro atoms. The number of fused-ring (bicyclic) bond motifs is 8. The van der Waals surface area contributed by atoms with Gasteiger partial charge in [0.05, 0.1) is 55.3 Å². The lowest BCUT2D eigenvalue weighted by Crippen LogP contribution is -2.10. The molecule has 4 aliphatic carbocycles. The van der Waals surface area contributed by atoms with E-state index in [0.717, 1.165) is 123 Å². The molecule has 9 aromatic carbocycles. The molecule has 0 saturated carbocycles. The molecule has 1 aromatic heterocycles. The van der Waals surface area contributed by atoms with Crippen molar-refractivity contribution < 1.29 is 38.7 Å². The predicted molar refractivity (Wildman–Crippen MR) is 405 cm³/mol. The Morgan fingerprint density at radius 1 is 0.471 bits per heavy atom. The molecule has 17 rings (SSSR count). The zero-order valence-corrected chi connectivity index (χ0v) is 58.4. The first kappa shape index (κ1) is 67.8. The van der Waals surface area contributed by atoms with Gasteiger partial charge in [-0.1, -0.05) is 208 Å². The second-order valence-electron chi connectivity index (χ2n) is 24.7. The number of oxime groups is 3. The van der Waals surface area contributed by atoms with Crippen LogP contribution in [-0.2, 0) is 61.2 Å². The highest BCUT2D eigenvalue weighted by Crippen LogP contribution is 2.48. The van der Waals surface area contributed by atoms with Crippen LogP contribution in [0.2, 0.25) is 20.1 Å². The molecule has 3 aliphatic heterocycles. The summed E-state index contributed by atoms with van der Waals surface area (Å²) in [5.74, 6) is 0.287. The number of hydrogen-bond acceptors (Lipinski definition) is 13. The Morgan fingerprint density at radius 3 is 1.43 bits per heavy atom. The van der Waals surface area contributed by atoms with Crippen LogP contribution in [0.25, 0.3) is 38.9 Å². The van der Waals surface area contributed by atoms with Gasteiger partial charge in [0.2, 0.25) is 0 Å². The summed E-state index contributed by atoms with van der Waals surface area (Å²) in [4.78, 5) is 68.7. The number of ether oxygens (including phenoxy) is 1. The number of hydrogen-bond donors (Lipinski definition) is 5. The molecule has 0 bridgehead atoms. The molecule has 5 N–H and O–H groups in total. The number of amides is 3. The molecule has 0 saturated heterocycles. The minimum Gasteiger partial charge on any atom is -0.497 e. The number of rotatable bonds is 10. The van der Waals surface area contributed by atoms with Crippen molar-refractivity contribution in [2.75, 3.05) is 36.8 Å². The van der Waals surface area contributed by atoms with Gasteiger partial charge in [0.15, 0.2) is 5.88 Å². The number of nitrogens with one attached hydrogen (secondary N) is 4. The molecule has 508 valence electrons. The van der Waals surface area contributed by atoms with Crippen molar-refractivity contribution in [1.82, 2.24) is 4.98 Å². The first-order valence-electron chi connectivity index (χ1n) is 32.7. The smallest absolute Gasteiger partial charge is 0.256 e. The number of methoxy groups -OCH3 is 1. The third-order valence-electron chi connectivity index (χ3n) is 18.4. The monoisotopic (exact) mass is 1430 g/mol. The Hall–Kier alpha value is -11.3. The fourth-order valence-corrected chi connectivity index (χ4v) is 14.4. The van der Waals surface area contributed by atoms with Crippen LogP contribution >= 0.6 is 46.4 Å². The number of nitroso groups, excluding NO2 is 1. The van der Waals surface area contributed by atoms with Gasteiger partial charge in [-0.2, -0.15) is 0 Å². The van der Waals surface area contributed by atoms with E-state index in [1.807, 2.05) is 172 Å². The minimum atomic E-state index is -0.185. The Bertz CT molecular complexity index is 5400. The Morgan fingerprint density at radius 2 is 0.922 bits per heavy atom. The third kappa shape index (κ3) is 13.0. The molecule has 0 radical (unpaired) electrons. The fraction of sp³-hybridized carbons (Fsp3) is 0.136. The Kier molecular flexibility index (Phi) is 19.3. The van der Waals surface area contributed by atoms with E-state index in [4.69, 9.17) is 65.7 Å². The zero-order valence-electron chi connectivity index (χ0n) is 55.4. The van der Waals surface area contributed by atoms with Gasteiger partial charge in [0.1, 0.15) is 48.9 Å². The van der Waals surface area contributed by atoms with Crippen LogP contribution in [0.15, 0.2) is 225 Å². The van der Waals surface area contributed by atoms with Crippen molar-refractivity contribution in [2.24, 2.45) is 20.6 Å². The molecule has 21 heteroatoms. The van der Waals surface area contributed by atoms with Crippen LogP contribution in [-0.4, -0.2) is 65.8 Å². The van der Waals surface area contributed by atoms with Gasteiger partial charge in [0, 0.05) is 86.8 Å². The summed E-state index contributed by atoms with van der Waals surface area (Å²) in [5, 5.41) is 37.8. The van der Waals surface area contributed by atoms with E-state index in [-0.39, 0.29) is 23.6 Å². The summed E-state index contributed by atoms with van der Waals surface area (Å²) < 4.78 is 5.27. The molecule has 0 unspecified atom stereocenters. The molecule has 0 atom stereocenters. The third-order valence-corrected chi connectivity index (χ3v) is 19.8. The number of aromatic nitrogens is 1. The van der Waals surface area contributed by atoms with Crippen LogP contribution in [0.5, 0.6) is 11.6 Å². The van der Waals surface area contributed by atoms with Gasteiger partial charge in [-0.25, -0.2) is 0 Å². The van der Waals surface area contributed by atoms with E-state index >= 15 is 0 Å². The maximum Gasteiger partial charge on any atom is 0.256 e. The van der Waals surface area contributed by atoms with E-state index in [1.165, 1.54) is 7.11 Å². The quantitative estimate of drug-likeness (QED) is 0.0379. The first-order chi connectivity index (χ1) is 49.6. The topological polar surface area (TPSA) is 227 Å². The number of halogens is 4. The SMILES string of the molecule is CCCO/N=C1/C(=C2/C(=O)Nc3cc(Cl)c(Cl)cc32)Cc2ccccc21.CO/N=C1/C(=C2/C(=O)Nc3cc(Cl)c(Cl)cc32)Cc2ccccc21.COc1ccc2[nH]c(O)c(C3=C(N=O)c4ccccc4C3)c2c1.Cc1ccc2c(c1)NC(=O)/C2=C1\Cc2ccccc2\C1=N/OCc1ccccc1. The van der Waals surface area contributed by atoms with E-state index in [1.54, 1.807) is 31.4 Å². The minimum absolute atomic E-state index is 0.0391. The van der Waals surface area contributed by atoms with Crippen LogP contribution in [0.1, 0.15) is 91.2 Å². The summed E-state index contributed by atoms with van der Waals surface area (Å²) in [6.07, 6.45) is 3.32. The maximum atomic E-state index is 12.9. The molecular formula is C81H62Cl4N8O9. The zero-order chi connectivity index (χ0) is 70.9. The van der Waals surface area contributed by atoms with Crippen molar-refractivity contribution in [3.05, 3.63) is 308 Å². The summed E-state index contributed by atoms with van der Waals surface area (Å²) in [6.45, 7) is 4.96. The number of nitrogens with zero attached hydrogens (tertiary/aromatic N) is 4. The normalized spacial score (nSPS) is 18.0. The van der Waals surface area contributed by atoms with Gasteiger partial charge < -0.3 is 45.3 Å². The maximum absolute atomic E-state index is 12.9. The largest absolute Gasteiger partial charge is 0.497 e. The number of aromatic hydroxyl groups is 1. The number of benzene rings is 9. The van der Waals surface area contributed by atoms with Crippen LogP contribution in [0, 0.1) is 11.8 Å². The average Bonchev–Trinajstić information content (AvgIpc) is 1.62. The van der Waals surface area contributed by atoms with Gasteiger partial charge in [-0.15, -0.1) is 4.91 Å². The predicted octanol–water partition coefficient (Wildman–Crippen LogP) is 18.3. The summed E-state index contributed by atoms with van der Waals surface area (Å²) in [5.41, 5.74) is 24.1. The summed E-state index contributed by atoms with van der Waals surface area (Å²) in [7, 11) is 3.09. The highest BCUT2D eigenvalue weighted by atomic mass is 35.5. The number of aromatic amines is 1. The molecular weight excluding hydrogens is 1370 g/mol. The van der Waals surface area contributed by atoms with Crippen LogP contribution in [0.4, 0.5) is 17.1 Å². The van der Waals surface area contributed by atoms with Gasteiger partial charge >= 0.3 is 0 Å². The lowest BCUT2D eigenvalue weighted by Gasteiger charge is -2.07. The molecule has 3 amide bonds. The Labute approximate surface area is 606 Å². The van der Waals surface area contributed by atoms with E-state index in [9.17, 15) is 24.4 Å². The van der Waals surface area contributed by atoms with Crippen LogP contribution < -0.4 is 20.7 Å². The van der Waals surface area contributed by atoms with Gasteiger partial charge in [-0.3, -0.25) is 14.4 Å². The molecule has 0 fully saturated rings. The molecule has 102 heavy (non-hydrogen) atoms. The second kappa shape index (κ2) is 29.1. The second-order valence-corrected chi connectivity index (χ2v) is 26.3. The van der Waals surface area contributed by atoms with Crippen molar-refractivity contribution in [2.45, 2.75) is 52.6 Å². The number of H-pyrrole nitrogens is 1. The van der Waals surface area contributed by atoms with Crippen molar-refractivity contribution in [3.8, 4) is 11.6 Å². The summed E-state index contributed by atoms with van der Waals surface area (Å²) >= 11 is 24.5. The molecule has 7 aliphatic rings. The van der Waals surface area contributed by atoms with E-state index in [2.05, 4.69) is 47.6 Å². The number of carbonyl (C=O) groups is 3. The Balaban J connectivity index is 0.000000116. The van der Waals surface area contributed by atoms with Gasteiger partial charge in [-0.05, 0) is 123 Å². The van der Waals surface area contributed by atoms with E-state index in [0.29, 0.717) is 116 Å². The lowest BCUT2D eigenvalue weighted by atomic mass is 9.97. The lowest BCUT2D eigenvalue weighted by molar-refractivity contribution is -0.111. The number of anilines is 3. The van der Waals surface area contributed by atoms with Crippen molar-refractivity contribution >= 4 is 137 Å².